The summed E-state index contributed by atoms with van der Waals surface area (Å²) in [5, 5.41) is 55.3. The fourth-order valence-corrected chi connectivity index (χ4v) is 3.82. The van der Waals surface area contributed by atoms with Gasteiger partial charge in [0.15, 0.2) is 0 Å². The molecule has 5 aromatic carbocycles. The van der Waals surface area contributed by atoms with Gasteiger partial charge in [-0.15, -0.1) is 10.2 Å². The molecule has 0 bridgehead atoms. The molecule has 5 aromatic rings. The molecule has 0 aromatic heterocycles. The van der Waals surface area contributed by atoms with Crippen LogP contribution in [0, 0.1) is 0 Å². The third-order valence-electron chi connectivity index (χ3n) is 5.83. The molecule has 0 spiro atoms. The van der Waals surface area contributed by atoms with Gasteiger partial charge >= 0.3 is 0 Å². The molecule has 0 atom stereocenters. The number of hydrogen-bond acceptors (Lipinski definition) is 10. The van der Waals surface area contributed by atoms with Gasteiger partial charge in [0, 0.05) is 34.9 Å². The van der Waals surface area contributed by atoms with Gasteiger partial charge in [-0.05, 0) is 97.1 Å². The Morgan fingerprint density at radius 2 is 0.825 bits per heavy atom. The fraction of sp³-hybridized carbons (Fsp3) is 0. The van der Waals surface area contributed by atoms with E-state index in [-0.39, 0.29) is 34.4 Å². The molecule has 0 aliphatic heterocycles. The Balaban J connectivity index is 1.41. The van der Waals surface area contributed by atoms with Gasteiger partial charge in [-0.2, -0.15) is 10.2 Å². The SMILES string of the molecule is Nc1ccc(N(c2ccc(N=Nc3ccc(O)cc3O)cc2)c2ccc(N=Nc3ccc(O)cc3O)cc2)cc1. The summed E-state index contributed by atoms with van der Waals surface area (Å²) in [5.41, 5.74) is 10.8. The van der Waals surface area contributed by atoms with E-state index in [1.54, 1.807) is 24.3 Å². The van der Waals surface area contributed by atoms with Crippen molar-refractivity contribution in [2.24, 2.45) is 20.5 Å². The van der Waals surface area contributed by atoms with E-state index in [1.807, 2.05) is 53.4 Å². The predicted molar refractivity (Wildman–Crippen MR) is 153 cm³/mol. The highest BCUT2D eigenvalue weighted by Crippen LogP contribution is 2.38. The summed E-state index contributed by atoms with van der Waals surface area (Å²) >= 11 is 0. The van der Waals surface area contributed by atoms with E-state index in [2.05, 4.69) is 20.5 Å². The quantitative estimate of drug-likeness (QED) is 0.104. The van der Waals surface area contributed by atoms with Crippen molar-refractivity contribution in [3.63, 3.8) is 0 Å². The van der Waals surface area contributed by atoms with E-state index < -0.39 is 0 Å². The van der Waals surface area contributed by atoms with Crippen LogP contribution in [-0.2, 0) is 0 Å². The molecule has 0 aliphatic carbocycles. The van der Waals surface area contributed by atoms with Crippen LogP contribution < -0.4 is 10.6 Å². The van der Waals surface area contributed by atoms with Gasteiger partial charge in [-0.3, -0.25) is 0 Å². The van der Waals surface area contributed by atoms with Crippen molar-refractivity contribution in [1.29, 1.82) is 0 Å². The molecule has 0 fully saturated rings. The second-order valence-electron chi connectivity index (χ2n) is 8.71. The third-order valence-corrected chi connectivity index (χ3v) is 5.83. The number of anilines is 4. The van der Waals surface area contributed by atoms with Gasteiger partial charge < -0.3 is 31.1 Å². The number of nitrogen functional groups attached to an aromatic ring is 1. The van der Waals surface area contributed by atoms with Gasteiger partial charge in [0.1, 0.15) is 34.4 Å². The zero-order valence-electron chi connectivity index (χ0n) is 21.0. The molecular weight excluding hydrogens is 508 g/mol. The zero-order chi connectivity index (χ0) is 28.1. The average Bonchev–Trinajstić information content (AvgIpc) is 2.95. The van der Waals surface area contributed by atoms with Gasteiger partial charge in [0.25, 0.3) is 0 Å². The summed E-state index contributed by atoms with van der Waals surface area (Å²) in [5.74, 6) is -0.455. The second kappa shape index (κ2) is 11.2. The normalized spacial score (nSPS) is 11.3. The maximum atomic E-state index is 9.93. The van der Waals surface area contributed by atoms with Crippen LogP contribution in [-0.4, -0.2) is 20.4 Å². The minimum absolute atomic E-state index is 0.0590. The summed E-state index contributed by atoms with van der Waals surface area (Å²) in [6, 6.07) is 30.4. The van der Waals surface area contributed by atoms with Crippen molar-refractivity contribution in [2.75, 3.05) is 10.6 Å². The molecule has 5 rings (SSSR count). The van der Waals surface area contributed by atoms with E-state index in [0.29, 0.717) is 17.1 Å². The Kier molecular flexibility index (Phi) is 7.23. The number of nitrogens with zero attached hydrogens (tertiary/aromatic N) is 5. The first-order chi connectivity index (χ1) is 19.4. The molecule has 0 unspecified atom stereocenters. The minimum Gasteiger partial charge on any atom is -0.508 e. The Labute approximate surface area is 229 Å². The fourth-order valence-electron chi connectivity index (χ4n) is 3.82. The lowest BCUT2D eigenvalue weighted by Gasteiger charge is -2.25. The molecule has 0 saturated carbocycles. The maximum Gasteiger partial charge on any atom is 0.146 e. The number of nitrogens with two attached hydrogens (primary N) is 1. The van der Waals surface area contributed by atoms with Crippen molar-refractivity contribution >= 4 is 45.5 Å². The Morgan fingerprint density at radius 3 is 1.20 bits per heavy atom. The van der Waals surface area contributed by atoms with Crippen LogP contribution in [0.5, 0.6) is 23.0 Å². The largest absolute Gasteiger partial charge is 0.508 e. The van der Waals surface area contributed by atoms with E-state index in [1.165, 1.54) is 36.4 Å². The van der Waals surface area contributed by atoms with Crippen molar-refractivity contribution in [1.82, 2.24) is 0 Å². The van der Waals surface area contributed by atoms with E-state index >= 15 is 0 Å². The zero-order valence-corrected chi connectivity index (χ0v) is 21.0. The monoisotopic (exact) mass is 532 g/mol. The van der Waals surface area contributed by atoms with Crippen molar-refractivity contribution in [3.8, 4) is 23.0 Å². The summed E-state index contributed by atoms with van der Waals surface area (Å²) in [4.78, 5) is 2.03. The Bertz CT molecular complexity index is 1580. The van der Waals surface area contributed by atoms with Gasteiger partial charge in [-0.25, -0.2) is 0 Å². The Morgan fingerprint density at radius 1 is 0.450 bits per heavy atom. The molecule has 198 valence electrons. The van der Waals surface area contributed by atoms with Crippen LogP contribution in [0.3, 0.4) is 0 Å². The molecule has 40 heavy (non-hydrogen) atoms. The van der Waals surface area contributed by atoms with Crippen molar-refractivity contribution in [3.05, 3.63) is 109 Å². The number of phenols is 4. The average molecular weight is 533 g/mol. The van der Waals surface area contributed by atoms with E-state index in [4.69, 9.17) is 5.73 Å². The number of benzene rings is 5. The number of azo groups is 2. The maximum absolute atomic E-state index is 9.93. The third kappa shape index (κ3) is 5.97. The van der Waals surface area contributed by atoms with Crippen LogP contribution in [0.4, 0.5) is 45.5 Å². The summed E-state index contributed by atoms with van der Waals surface area (Å²) in [6.07, 6.45) is 0. The van der Waals surface area contributed by atoms with Crippen LogP contribution in [0.15, 0.2) is 130 Å². The lowest BCUT2D eigenvalue weighted by molar-refractivity contribution is 0.450. The first-order valence-corrected chi connectivity index (χ1v) is 12.1. The van der Waals surface area contributed by atoms with Crippen LogP contribution in [0.2, 0.25) is 0 Å². The highest BCUT2D eigenvalue weighted by Gasteiger charge is 2.13. The molecule has 6 N–H and O–H groups in total. The molecule has 10 nitrogen and oxygen atoms in total. The van der Waals surface area contributed by atoms with Crippen molar-refractivity contribution < 1.29 is 20.4 Å². The topological polar surface area (TPSA) is 160 Å². The van der Waals surface area contributed by atoms with Crippen LogP contribution in [0.25, 0.3) is 0 Å². The standard InChI is InChI=1S/C30H24N6O4/c31-19-1-7-22(8-2-19)36(23-9-3-20(4-10-23)32-34-27-15-13-25(37)17-29(27)39)24-11-5-21(6-12-24)33-35-28-16-14-26(38)18-30(28)40/h1-18,37-40H,31H2. The van der Waals surface area contributed by atoms with Gasteiger partial charge in [-0.1, -0.05) is 0 Å². The van der Waals surface area contributed by atoms with Gasteiger partial charge in [0.2, 0.25) is 0 Å². The summed E-state index contributed by atoms with van der Waals surface area (Å²) < 4.78 is 0. The molecule has 0 aliphatic rings. The van der Waals surface area contributed by atoms with E-state index in [9.17, 15) is 20.4 Å². The second-order valence-corrected chi connectivity index (χ2v) is 8.71. The first-order valence-electron chi connectivity index (χ1n) is 12.1. The van der Waals surface area contributed by atoms with E-state index in [0.717, 1.165) is 17.1 Å². The van der Waals surface area contributed by atoms with Crippen LogP contribution in [0.1, 0.15) is 0 Å². The van der Waals surface area contributed by atoms with Gasteiger partial charge in [0.05, 0.1) is 11.4 Å². The Hall–Kier alpha value is -5.90. The predicted octanol–water partition coefficient (Wildman–Crippen LogP) is 8.39. The molecule has 0 saturated heterocycles. The smallest absolute Gasteiger partial charge is 0.146 e. The highest BCUT2D eigenvalue weighted by atomic mass is 16.3. The van der Waals surface area contributed by atoms with Crippen LogP contribution >= 0.6 is 0 Å². The molecule has 0 heterocycles. The molecule has 0 radical (unpaired) electrons. The number of hydrogen-bond donors (Lipinski definition) is 5. The minimum atomic E-state index is -0.169. The lowest BCUT2D eigenvalue weighted by Crippen LogP contribution is -2.09. The molecular formula is C30H24N6O4. The van der Waals surface area contributed by atoms with Crippen molar-refractivity contribution in [2.45, 2.75) is 0 Å². The summed E-state index contributed by atoms with van der Waals surface area (Å²) in [7, 11) is 0. The molecule has 0 amide bonds. The molecule has 10 heteroatoms. The highest BCUT2D eigenvalue weighted by molar-refractivity contribution is 5.78. The first kappa shape index (κ1) is 25.7. The summed E-state index contributed by atoms with van der Waals surface area (Å²) in [6.45, 7) is 0. The number of phenolic OH excluding ortho intramolecular Hbond substituents is 4. The lowest BCUT2D eigenvalue weighted by atomic mass is 10.1. The number of rotatable bonds is 7. The number of aromatic hydroxyl groups is 4.